The van der Waals surface area contributed by atoms with Crippen LogP contribution in [-0.4, -0.2) is 39.9 Å². The molecule has 0 fully saturated rings. The van der Waals surface area contributed by atoms with Crippen LogP contribution in [-0.2, 0) is 14.8 Å². The number of hydrazone groups is 1. The van der Waals surface area contributed by atoms with Gasteiger partial charge in [-0.15, -0.1) is 11.8 Å². The molecule has 3 rings (SSSR count). The van der Waals surface area contributed by atoms with E-state index in [2.05, 4.69) is 10.5 Å². The van der Waals surface area contributed by atoms with Crippen LogP contribution in [0.2, 0.25) is 0 Å². The fraction of sp³-hybridized carbons (Fsp3) is 0.167. The summed E-state index contributed by atoms with van der Waals surface area (Å²) in [5.74, 6) is -0.220. The third-order valence-electron chi connectivity index (χ3n) is 4.57. The van der Waals surface area contributed by atoms with Crippen LogP contribution in [0.3, 0.4) is 0 Å². The third-order valence-corrected chi connectivity index (χ3v) is 7.09. The van der Waals surface area contributed by atoms with Crippen LogP contribution < -0.4 is 14.5 Å². The average molecular weight is 484 g/mol. The first-order valence-corrected chi connectivity index (χ1v) is 12.9. The maximum atomic E-state index is 13.4. The van der Waals surface area contributed by atoms with Gasteiger partial charge in [0.15, 0.2) is 0 Å². The summed E-state index contributed by atoms with van der Waals surface area (Å²) in [6, 6.07) is 22.3. The highest BCUT2D eigenvalue weighted by Crippen LogP contribution is 2.32. The Bertz CT molecular complexity index is 1200. The maximum Gasteiger partial charge on any atom is 0.264 e. The summed E-state index contributed by atoms with van der Waals surface area (Å²) in [7, 11) is -4.04. The van der Waals surface area contributed by atoms with Crippen molar-refractivity contribution in [3.05, 3.63) is 84.4 Å². The summed E-state index contributed by atoms with van der Waals surface area (Å²) in [6.07, 6.45) is 3.49. The van der Waals surface area contributed by atoms with Crippen molar-refractivity contribution in [3.8, 4) is 5.75 Å². The predicted octanol–water partition coefficient (Wildman–Crippen LogP) is 4.15. The van der Waals surface area contributed by atoms with Gasteiger partial charge in [0.05, 0.1) is 23.4 Å². The van der Waals surface area contributed by atoms with Crippen molar-refractivity contribution in [2.24, 2.45) is 5.10 Å². The summed E-state index contributed by atoms with van der Waals surface area (Å²) in [5, 5.41) is 3.97. The second-order valence-corrected chi connectivity index (χ2v) is 9.53. The van der Waals surface area contributed by atoms with Crippen LogP contribution in [0.5, 0.6) is 5.75 Å². The number of anilines is 1. The molecule has 0 saturated heterocycles. The van der Waals surface area contributed by atoms with Gasteiger partial charge >= 0.3 is 0 Å². The lowest BCUT2D eigenvalue weighted by Crippen LogP contribution is -2.39. The highest BCUT2D eigenvalue weighted by Gasteiger charge is 2.29. The van der Waals surface area contributed by atoms with Gasteiger partial charge in [-0.1, -0.05) is 42.5 Å². The van der Waals surface area contributed by atoms with Crippen LogP contribution in [0, 0.1) is 0 Å². The number of amides is 1. The van der Waals surface area contributed by atoms with Crippen molar-refractivity contribution in [2.45, 2.75) is 16.7 Å². The summed E-state index contributed by atoms with van der Waals surface area (Å²) in [4.78, 5) is 13.9. The zero-order chi connectivity index (χ0) is 23.7. The van der Waals surface area contributed by atoms with Gasteiger partial charge in [-0.2, -0.15) is 5.10 Å². The number of nitrogens with zero attached hydrogens (tertiary/aromatic N) is 2. The highest BCUT2D eigenvalue weighted by molar-refractivity contribution is 7.98. The van der Waals surface area contributed by atoms with E-state index in [4.69, 9.17) is 4.74 Å². The third kappa shape index (κ3) is 6.36. The van der Waals surface area contributed by atoms with Crippen LogP contribution in [0.1, 0.15) is 12.5 Å². The van der Waals surface area contributed by atoms with E-state index in [0.29, 0.717) is 12.4 Å². The molecule has 0 radical (unpaired) electrons. The van der Waals surface area contributed by atoms with Gasteiger partial charge in [0.2, 0.25) is 0 Å². The number of hydrogen-bond donors (Lipinski definition) is 1. The molecule has 0 bridgehead atoms. The minimum atomic E-state index is -4.04. The molecule has 1 N–H and O–H groups in total. The Balaban J connectivity index is 1.85. The fourth-order valence-corrected chi connectivity index (χ4v) is 4.86. The first kappa shape index (κ1) is 24.3. The molecule has 0 aliphatic heterocycles. The van der Waals surface area contributed by atoms with E-state index in [1.807, 2.05) is 30.5 Å². The van der Waals surface area contributed by atoms with Gasteiger partial charge in [0.1, 0.15) is 12.3 Å². The van der Waals surface area contributed by atoms with Crippen molar-refractivity contribution in [2.75, 3.05) is 23.7 Å². The molecule has 0 atom stereocenters. The van der Waals surface area contributed by atoms with Gasteiger partial charge in [0.25, 0.3) is 15.9 Å². The quantitative estimate of drug-likeness (QED) is 0.266. The molecule has 9 heteroatoms. The Morgan fingerprint density at radius 3 is 2.36 bits per heavy atom. The first-order chi connectivity index (χ1) is 16.0. The molecule has 0 unspecified atom stereocenters. The van der Waals surface area contributed by atoms with E-state index in [1.165, 1.54) is 18.3 Å². The van der Waals surface area contributed by atoms with E-state index >= 15 is 0 Å². The maximum absolute atomic E-state index is 13.4. The largest absolute Gasteiger partial charge is 0.492 e. The van der Waals surface area contributed by atoms with E-state index in [1.54, 1.807) is 61.2 Å². The van der Waals surface area contributed by atoms with E-state index in [9.17, 15) is 13.2 Å². The number of benzene rings is 3. The van der Waals surface area contributed by atoms with Crippen LogP contribution >= 0.6 is 11.8 Å². The minimum absolute atomic E-state index is 0.0708. The number of carbonyl (C=O) groups is 1. The summed E-state index contributed by atoms with van der Waals surface area (Å²) in [5.41, 5.74) is 3.50. The van der Waals surface area contributed by atoms with Gasteiger partial charge in [-0.25, -0.2) is 13.8 Å². The molecule has 0 saturated carbocycles. The monoisotopic (exact) mass is 483 g/mol. The second kappa shape index (κ2) is 11.5. The van der Waals surface area contributed by atoms with Crippen molar-refractivity contribution < 1.29 is 17.9 Å². The molecule has 0 spiro atoms. The molecule has 0 aliphatic rings. The highest BCUT2D eigenvalue weighted by atomic mass is 32.2. The van der Waals surface area contributed by atoms with E-state index in [0.717, 1.165) is 14.8 Å². The number of rotatable bonds is 10. The lowest BCUT2D eigenvalue weighted by atomic mass is 10.2. The normalized spacial score (nSPS) is 11.3. The van der Waals surface area contributed by atoms with Gasteiger partial charge in [-0.05, 0) is 55.1 Å². The number of carbonyl (C=O) groups excluding carboxylic acids is 1. The number of hydrogen-bond acceptors (Lipinski definition) is 6. The zero-order valence-corrected chi connectivity index (χ0v) is 20.0. The van der Waals surface area contributed by atoms with Crippen LogP contribution in [0.15, 0.2) is 93.8 Å². The van der Waals surface area contributed by atoms with Crippen molar-refractivity contribution in [1.82, 2.24) is 5.43 Å². The SMILES string of the molecule is CCOc1ccccc1N(CC(=O)N/N=C\c1ccc(SC)cc1)S(=O)(=O)c1ccccc1. The zero-order valence-electron chi connectivity index (χ0n) is 18.3. The van der Waals surface area contributed by atoms with E-state index < -0.39 is 22.5 Å². The minimum Gasteiger partial charge on any atom is -0.492 e. The van der Waals surface area contributed by atoms with Crippen LogP contribution in [0.25, 0.3) is 0 Å². The molecule has 0 heterocycles. The number of ether oxygens (including phenoxy) is 1. The molecular weight excluding hydrogens is 458 g/mol. The number of thioether (sulfide) groups is 1. The molecule has 1 amide bonds. The number of para-hydroxylation sites is 2. The molecular formula is C24H25N3O4S2. The first-order valence-electron chi connectivity index (χ1n) is 10.2. The average Bonchev–Trinajstić information content (AvgIpc) is 2.84. The van der Waals surface area contributed by atoms with Crippen molar-refractivity contribution in [3.63, 3.8) is 0 Å². The standard InChI is InChI=1S/C24H25N3O4S2/c1-3-31-23-12-8-7-11-22(23)27(33(29,30)21-9-5-4-6-10-21)18-24(28)26-25-17-19-13-15-20(32-2)16-14-19/h4-17H,3,18H2,1-2H3,(H,26,28)/b25-17-. The Morgan fingerprint density at radius 1 is 1.03 bits per heavy atom. The molecule has 7 nitrogen and oxygen atoms in total. The Morgan fingerprint density at radius 2 is 1.70 bits per heavy atom. The van der Waals surface area contributed by atoms with Gasteiger partial charge < -0.3 is 4.74 Å². The Hall–Kier alpha value is -3.30. The van der Waals surface area contributed by atoms with Crippen LogP contribution in [0.4, 0.5) is 5.69 Å². The number of nitrogens with one attached hydrogen (secondary N) is 1. The lowest BCUT2D eigenvalue weighted by molar-refractivity contribution is -0.119. The smallest absolute Gasteiger partial charge is 0.264 e. The molecule has 0 aliphatic carbocycles. The second-order valence-electron chi connectivity index (χ2n) is 6.79. The van der Waals surface area contributed by atoms with E-state index in [-0.39, 0.29) is 10.6 Å². The van der Waals surface area contributed by atoms with Crippen molar-refractivity contribution >= 4 is 39.6 Å². The van der Waals surface area contributed by atoms with Crippen molar-refractivity contribution in [1.29, 1.82) is 0 Å². The summed E-state index contributed by atoms with van der Waals surface area (Å²) >= 11 is 1.63. The molecule has 172 valence electrons. The van der Waals surface area contributed by atoms with Gasteiger partial charge in [-0.3, -0.25) is 9.10 Å². The molecule has 0 aromatic heterocycles. The summed E-state index contributed by atoms with van der Waals surface area (Å²) in [6.45, 7) is 1.69. The lowest BCUT2D eigenvalue weighted by Gasteiger charge is -2.25. The molecule has 3 aromatic rings. The molecule has 3 aromatic carbocycles. The number of sulfonamides is 1. The Labute approximate surface area is 198 Å². The topological polar surface area (TPSA) is 88.1 Å². The van der Waals surface area contributed by atoms with Gasteiger partial charge in [0, 0.05) is 4.90 Å². The molecule has 33 heavy (non-hydrogen) atoms. The Kier molecular flexibility index (Phi) is 8.51. The predicted molar refractivity (Wildman–Crippen MR) is 133 cm³/mol. The summed E-state index contributed by atoms with van der Waals surface area (Å²) < 4.78 is 33.5. The fourth-order valence-electron chi connectivity index (χ4n) is 2.99.